The summed E-state index contributed by atoms with van der Waals surface area (Å²) in [6.07, 6.45) is 1.87. The van der Waals surface area contributed by atoms with E-state index in [4.69, 9.17) is 0 Å². The van der Waals surface area contributed by atoms with Gasteiger partial charge in [-0.2, -0.15) is 4.98 Å². The van der Waals surface area contributed by atoms with Gasteiger partial charge < -0.3 is 0 Å². The molecule has 0 spiro atoms. The van der Waals surface area contributed by atoms with Gasteiger partial charge in [0, 0.05) is 7.05 Å². The number of aromatic nitrogens is 3. The topological polar surface area (TPSA) is 50.7 Å². The molecule has 0 saturated carbocycles. The van der Waals surface area contributed by atoms with Gasteiger partial charge in [-0.1, -0.05) is 11.8 Å². The molecule has 1 heterocycles. The lowest BCUT2D eigenvalue weighted by Crippen LogP contribution is -2.03. The van der Waals surface area contributed by atoms with Crippen LogP contribution in [-0.4, -0.2) is 21.0 Å². The summed E-state index contributed by atoms with van der Waals surface area (Å²) in [5.74, 6) is 0. The monoisotopic (exact) mass is 145 g/mol. The van der Waals surface area contributed by atoms with Gasteiger partial charge in [0.1, 0.15) is 0 Å². The van der Waals surface area contributed by atoms with Crippen molar-refractivity contribution < 1.29 is 0 Å². The molecule has 0 unspecified atom stereocenters. The van der Waals surface area contributed by atoms with Crippen LogP contribution in [0.15, 0.2) is 9.95 Å². The number of nitrogens with one attached hydrogen (secondary N) is 1. The predicted molar refractivity (Wildman–Crippen MR) is 35.6 cm³/mol. The highest BCUT2D eigenvalue weighted by Gasteiger charge is 1.97. The first kappa shape index (κ1) is 6.41. The first-order valence-corrected chi connectivity index (χ1v) is 3.63. The molecular formula is C4H7N3OS. The van der Waals surface area contributed by atoms with E-state index >= 15 is 0 Å². The molecule has 0 aliphatic heterocycles. The molecule has 1 N–H and O–H groups in total. The fourth-order valence-electron chi connectivity index (χ4n) is 0.561. The Balaban J connectivity index is 3.16. The maximum atomic E-state index is 10.5. The van der Waals surface area contributed by atoms with Gasteiger partial charge in [0.05, 0.1) is 0 Å². The van der Waals surface area contributed by atoms with Gasteiger partial charge in [-0.3, -0.25) is 4.68 Å². The number of nitrogens with zero attached hydrogens (tertiary/aromatic N) is 2. The highest BCUT2D eigenvalue weighted by molar-refractivity contribution is 7.98. The van der Waals surface area contributed by atoms with E-state index in [0.717, 1.165) is 0 Å². The summed E-state index contributed by atoms with van der Waals surface area (Å²) in [4.78, 5) is 14.1. The molecule has 0 radical (unpaired) electrons. The molecule has 9 heavy (non-hydrogen) atoms. The fourth-order valence-corrected chi connectivity index (χ4v) is 1.05. The number of rotatable bonds is 1. The zero-order chi connectivity index (χ0) is 6.85. The Bertz CT molecular complexity index is 251. The second kappa shape index (κ2) is 2.26. The van der Waals surface area contributed by atoms with E-state index < -0.39 is 0 Å². The molecule has 0 aromatic carbocycles. The van der Waals surface area contributed by atoms with Crippen molar-refractivity contribution in [1.82, 2.24) is 14.8 Å². The Hall–Kier alpha value is -0.710. The molecule has 50 valence electrons. The molecule has 1 aromatic heterocycles. The SMILES string of the molecule is CSc1nc(=O)[nH]n1C. The minimum atomic E-state index is -0.290. The van der Waals surface area contributed by atoms with Crippen molar-refractivity contribution in [2.45, 2.75) is 5.16 Å². The van der Waals surface area contributed by atoms with E-state index in [-0.39, 0.29) is 5.69 Å². The van der Waals surface area contributed by atoms with Crippen LogP contribution in [0.5, 0.6) is 0 Å². The lowest BCUT2D eigenvalue weighted by atomic mass is 11.2. The van der Waals surface area contributed by atoms with Crippen molar-refractivity contribution in [3.05, 3.63) is 10.5 Å². The third kappa shape index (κ3) is 1.16. The lowest BCUT2D eigenvalue weighted by Gasteiger charge is -1.90. The summed E-state index contributed by atoms with van der Waals surface area (Å²) >= 11 is 1.44. The summed E-state index contributed by atoms with van der Waals surface area (Å²) in [5.41, 5.74) is -0.290. The van der Waals surface area contributed by atoms with Crippen LogP contribution < -0.4 is 5.69 Å². The van der Waals surface area contributed by atoms with E-state index in [1.165, 1.54) is 11.8 Å². The standard InChI is InChI=1S/C4H7N3OS/c1-7-4(9-2)5-3(8)6-7/h1-2H3,(H,6,8). The van der Waals surface area contributed by atoms with Crippen LogP contribution in [0.1, 0.15) is 0 Å². The summed E-state index contributed by atoms with van der Waals surface area (Å²) < 4.78 is 1.59. The van der Waals surface area contributed by atoms with Crippen LogP contribution in [0, 0.1) is 0 Å². The van der Waals surface area contributed by atoms with Gasteiger partial charge in [0.15, 0.2) is 5.16 Å². The van der Waals surface area contributed by atoms with E-state index in [0.29, 0.717) is 5.16 Å². The Kier molecular flexibility index (Phi) is 1.61. The smallest absolute Gasteiger partial charge is 0.264 e. The van der Waals surface area contributed by atoms with E-state index in [1.807, 2.05) is 6.26 Å². The van der Waals surface area contributed by atoms with Crippen LogP contribution in [0.3, 0.4) is 0 Å². The van der Waals surface area contributed by atoms with Gasteiger partial charge in [0.2, 0.25) is 0 Å². The highest BCUT2D eigenvalue weighted by atomic mass is 32.2. The molecule has 4 nitrogen and oxygen atoms in total. The molecule has 1 rings (SSSR count). The van der Waals surface area contributed by atoms with Crippen molar-refractivity contribution in [3.8, 4) is 0 Å². The molecule has 0 atom stereocenters. The highest BCUT2D eigenvalue weighted by Crippen LogP contribution is 2.04. The van der Waals surface area contributed by atoms with Gasteiger partial charge in [0.25, 0.3) is 0 Å². The molecule has 5 heteroatoms. The summed E-state index contributed by atoms with van der Waals surface area (Å²) in [7, 11) is 1.75. The quantitative estimate of drug-likeness (QED) is 0.558. The van der Waals surface area contributed by atoms with Gasteiger partial charge >= 0.3 is 5.69 Å². The van der Waals surface area contributed by atoms with Crippen molar-refractivity contribution in [2.24, 2.45) is 7.05 Å². The third-order valence-corrected chi connectivity index (χ3v) is 1.66. The Labute approximate surface area is 56.3 Å². The fraction of sp³-hybridized carbons (Fsp3) is 0.500. The van der Waals surface area contributed by atoms with Gasteiger partial charge in [-0.05, 0) is 6.26 Å². The zero-order valence-electron chi connectivity index (χ0n) is 5.21. The molecular weight excluding hydrogens is 138 g/mol. The van der Waals surface area contributed by atoms with E-state index in [1.54, 1.807) is 11.7 Å². The Morgan fingerprint density at radius 2 is 2.44 bits per heavy atom. The maximum Gasteiger partial charge on any atom is 0.362 e. The number of hydrogen-bond donors (Lipinski definition) is 1. The van der Waals surface area contributed by atoms with Crippen LogP contribution in [0.4, 0.5) is 0 Å². The van der Waals surface area contributed by atoms with Crippen molar-refractivity contribution in [3.63, 3.8) is 0 Å². The normalized spacial score (nSPS) is 10.0. The first-order chi connectivity index (χ1) is 4.24. The minimum Gasteiger partial charge on any atom is -0.264 e. The van der Waals surface area contributed by atoms with Crippen molar-refractivity contribution in [2.75, 3.05) is 6.26 Å². The van der Waals surface area contributed by atoms with Crippen molar-refractivity contribution in [1.29, 1.82) is 0 Å². The Morgan fingerprint density at radius 3 is 2.67 bits per heavy atom. The summed E-state index contributed by atoms with van der Waals surface area (Å²) in [6, 6.07) is 0. The van der Waals surface area contributed by atoms with Crippen LogP contribution >= 0.6 is 11.8 Å². The van der Waals surface area contributed by atoms with E-state index in [9.17, 15) is 4.79 Å². The largest absolute Gasteiger partial charge is 0.362 e. The van der Waals surface area contributed by atoms with E-state index in [2.05, 4.69) is 10.1 Å². The first-order valence-electron chi connectivity index (χ1n) is 2.41. The maximum absolute atomic E-state index is 10.5. The predicted octanol–water partition coefficient (Wildman–Crippen LogP) is -0.170. The number of aryl methyl sites for hydroxylation is 1. The van der Waals surface area contributed by atoms with Gasteiger partial charge in [-0.15, -0.1) is 0 Å². The van der Waals surface area contributed by atoms with Gasteiger partial charge in [-0.25, -0.2) is 9.89 Å². The lowest BCUT2D eigenvalue weighted by molar-refractivity contribution is 0.683. The number of H-pyrrole nitrogens is 1. The third-order valence-electron chi connectivity index (χ3n) is 0.930. The average molecular weight is 145 g/mol. The van der Waals surface area contributed by atoms with Crippen LogP contribution in [0.25, 0.3) is 0 Å². The molecule has 1 aromatic rings. The molecule has 0 amide bonds. The second-order valence-corrected chi connectivity index (χ2v) is 2.35. The Morgan fingerprint density at radius 1 is 1.78 bits per heavy atom. The number of aromatic amines is 1. The molecule has 0 bridgehead atoms. The summed E-state index contributed by atoms with van der Waals surface area (Å²) in [5, 5.41) is 3.20. The molecule has 0 aliphatic rings. The average Bonchev–Trinajstić information content (AvgIpc) is 2.10. The summed E-state index contributed by atoms with van der Waals surface area (Å²) in [6.45, 7) is 0. The second-order valence-electron chi connectivity index (χ2n) is 1.57. The van der Waals surface area contributed by atoms with Crippen LogP contribution in [0.2, 0.25) is 0 Å². The molecule has 0 aliphatic carbocycles. The van der Waals surface area contributed by atoms with Crippen LogP contribution in [-0.2, 0) is 7.05 Å². The molecule has 0 fully saturated rings. The minimum absolute atomic E-state index is 0.290. The number of hydrogen-bond acceptors (Lipinski definition) is 3. The number of thioether (sulfide) groups is 1. The molecule has 0 saturated heterocycles. The zero-order valence-corrected chi connectivity index (χ0v) is 6.03. The van der Waals surface area contributed by atoms with Crippen molar-refractivity contribution >= 4 is 11.8 Å².